The molecule has 0 saturated heterocycles. The maximum absolute atomic E-state index is 12.2. The van der Waals surface area contributed by atoms with Gasteiger partial charge in [-0.1, -0.05) is 6.07 Å². The standard InChI is InChI=1S/C16H18N2O3/c1-3-21-16(20)12(2)17-15(19)13-7-6-8-14(11-13)18-9-4-5-10-18/h4-12H,3H2,1-2H3,(H,17,19). The number of aromatic nitrogens is 1. The summed E-state index contributed by atoms with van der Waals surface area (Å²) < 4.78 is 6.77. The Kier molecular flexibility index (Phi) is 4.77. The van der Waals surface area contributed by atoms with Gasteiger partial charge in [-0.15, -0.1) is 0 Å². The molecular weight excluding hydrogens is 268 g/mol. The van der Waals surface area contributed by atoms with Gasteiger partial charge >= 0.3 is 5.97 Å². The average Bonchev–Trinajstić information content (AvgIpc) is 3.01. The molecule has 1 unspecified atom stereocenters. The van der Waals surface area contributed by atoms with Crippen LogP contribution in [0.3, 0.4) is 0 Å². The first-order valence-corrected chi connectivity index (χ1v) is 6.82. The number of nitrogens with zero attached hydrogens (tertiary/aromatic N) is 1. The van der Waals surface area contributed by atoms with E-state index in [0.29, 0.717) is 12.2 Å². The monoisotopic (exact) mass is 286 g/mol. The fraction of sp³-hybridized carbons (Fsp3) is 0.250. The van der Waals surface area contributed by atoms with Gasteiger partial charge < -0.3 is 14.6 Å². The number of benzene rings is 1. The summed E-state index contributed by atoms with van der Waals surface area (Å²) in [6.07, 6.45) is 3.80. The summed E-state index contributed by atoms with van der Waals surface area (Å²) in [5.41, 5.74) is 1.38. The van der Waals surface area contributed by atoms with Crippen LogP contribution in [-0.4, -0.2) is 29.1 Å². The second kappa shape index (κ2) is 6.74. The van der Waals surface area contributed by atoms with Gasteiger partial charge in [0.25, 0.3) is 5.91 Å². The van der Waals surface area contributed by atoms with E-state index in [1.165, 1.54) is 0 Å². The first-order valence-electron chi connectivity index (χ1n) is 6.82. The van der Waals surface area contributed by atoms with Crippen molar-refractivity contribution in [3.63, 3.8) is 0 Å². The van der Waals surface area contributed by atoms with Gasteiger partial charge in [0.2, 0.25) is 0 Å². The molecule has 5 nitrogen and oxygen atoms in total. The molecule has 1 aromatic carbocycles. The van der Waals surface area contributed by atoms with E-state index < -0.39 is 12.0 Å². The van der Waals surface area contributed by atoms with Crippen molar-refractivity contribution in [2.45, 2.75) is 19.9 Å². The number of carbonyl (C=O) groups excluding carboxylic acids is 2. The molecule has 1 atom stereocenters. The molecule has 0 radical (unpaired) electrons. The second-order valence-corrected chi connectivity index (χ2v) is 4.59. The molecule has 0 aliphatic heterocycles. The molecule has 1 amide bonds. The lowest BCUT2D eigenvalue weighted by Gasteiger charge is -2.13. The summed E-state index contributed by atoms with van der Waals surface area (Å²) in [6.45, 7) is 3.63. The third kappa shape index (κ3) is 3.72. The first-order chi connectivity index (χ1) is 10.1. The van der Waals surface area contributed by atoms with Crippen molar-refractivity contribution in [3.8, 4) is 5.69 Å². The predicted octanol–water partition coefficient (Wildman–Crippen LogP) is 2.16. The zero-order valence-electron chi connectivity index (χ0n) is 12.1. The Bertz CT molecular complexity index is 620. The highest BCUT2D eigenvalue weighted by Crippen LogP contribution is 2.11. The van der Waals surface area contributed by atoms with Gasteiger partial charge in [-0.3, -0.25) is 4.79 Å². The van der Waals surface area contributed by atoms with Crippen molar-refractivity contribution in [2.24, 2.45) is 0 Å². The fourth-order valence-corrected chi connectivity index (χ4v) is 1.92. The topological polar surface area (TPSA) is 60.3 Å². The Hall–Kier alpha value is -2.56. The predicted molar refractivity (Wildman–Crippen MR) is 79.3 cm³/mol. The number of hydrogen-bond acceptors (Lipinski definition) is 3. The number of rotatable bonds is 5. The molecule has 0 aliphatic carbocycles. The Balaban J connectivity index is 2.09. The van der Waals surface area contributed by atoms with Gasteiger partial charge in [-0.25, -0.2) is 4.79 Å². The maximum atomic E-state index is 12.2. The highest BCUT2D eigenvalue weighted by Gasteiger charge is 2.17. The molecule has 0 fully saturated rings. The average molecular weight is 286 g/mol. The largest absolute Gasteiger partial charge is 0.464 e. The number of nitrogens with one attached hydrogen (secondary N) is 1. The molecule has 0 saturated carbocycles. The van der Waals surface area contributed by atoms with E-state index in [4.69, 9.17) is 4.74 Å². The number of ether oxygens (including phenoxy) is 1. The van der Waals surface area contributed by atoms with Crippen LogP contribution in [0.1, 0.15) is 24.2 Å². The molecule has 110 valence electrons. The van der Waals surface area contributed by atoms with Gasteiger partial charge in [0.1, 0.15) is 6.04 Å². The van der Waals surface area contributed by atoms with Crippen molar-refractivity contribution < 1.29 is 14.3 Å². The molecule has 0 spiro atoms. The van der Waals surface area contributed by atoms with E-state index in [2.05, 4.69) is 5.32 Å². The third-order valence-corrected chi connectivity index (χ3v) is 3.00. The Morgan fingerprint density at radius 2 is 1.95 bits per heavy atom. The summed E-state index contributed by atoms with van der Waals surface area (Å²) in [7, 11) is 0. The van der Waals surface area contributed by atoms with Crippen molar-refractivity contribution in [1.29, 1.82) is 0 Å². The first kappa shape index (κ1) is 14.8. The molecule has 2 aromatic rings. The summed E-state index contributed by atoms with van der Waals surface area (Å²) in [5, 5.41) is 2.63. The van der Waals surface area contributed by atoms with Crippen LogP contribution < -0.4 is 5.32 Å². The molecule has 2 rings (SSSR count). The SMILES string of the molecule is CCOC(=O)C(C)NC(=O)c1cccc(-n2cccc2)c1. The molecule has 21 heavy (non-hydrogen) atoms. The van der Waals surface area contributed by atoms with Crippen LogP contribution in [0.15, 0.2) is 48.8 Å². The Morgan fingerprint density at radius 3 is 2.62 bits per heavy atom. The molecule has 1 aromatic heterocycles. The third-order valence-electron chi connectivity index (χ3n) is 3.00. The van der Waals surface area contributed by atoms with Crippen LogP contribution in [0, 0.1) is 0 Å². The molecule has 0 aliphatic rings. The lowest BCUT2D eigenvalue weighted by Crippen LogP contribution is -2.39. The second-order valence-electron chi connectivity index (χ2n) is 4.59. The van der Waals surface area contributed by atoms with Gasteiger partial charge in [0.15, 0.2) is 0 Å². The lowest BCUT2D eigenvalue weighted by atomic mass is 10.1. The van der Waals surface area contributed by atoms with E-state index in [0.717, 1.165) is 5.69 Å². The summed E-state index contributed by atoms with van der Waals surface area (Å²) in [4.78, 5) is 23.7. The van der Waals surface area contributed by atoms with Crippen LogP contribution >= 0.6 is 0 Å². The van der Waals surface area contributed by atoms with Crippen LogP contribution in [0.5, 0.6) is 0 Å². The minimum atomic E-state index is -0.673. The van der Waals surface area contributed by atoms with Crippen molar-refractivity contribution in [2.75, 3.05) is 6.61 Å². The molecule has 1 N–H and O–H groups in total. The zero-order chi connectivity index (χ0) is 15.2. The number of amides is 1. The van der Waals surface area contributed by atoms with Gasteiger partial charge in [-0.2, -0.15) is 0 Å². The molecule has 0 bridgehead atoms. The van der Waals surface area contributed by atoms with Crippen molar-refractivity contribution in [3.05, 3.63) is 54.4 Å². The number of carbonyl (C=O) groups is 2. The molecule has 5 heteroatoms. The van der Waals surface area contributed by atoms with Crippen LogP contribution in [0.2, 0.25) is 0 Å². The number of esters is 1. The quantitative estimate of drug-likeness (QED) is 0.857. The highest BCUT2D eigenvalue weighted by molar-refractivity contribution is 5.97. The molecule has 1 heterocycles. The van der Waals surface area contributed by atoms with Crippen molar-refractivity contribution >= 4 is 11.9 Å². The van der Waals surface area contributed by atoms with Gasteiger partial charge in [0, 0.05) is 23.6 Å². The zero-order valence-corrected chi connectivity index (χ0v) is 12.1. The van der Waals surface area contributed by atoms with E-state index in [-0.39, 0.29) is 5.91 Å². The normalized spacial score (nSPS) is 11.7. The van der Waals surface area contributed by atoms with E-state index in [1.807, 2.05) is 35.2 Å². The minimum absolute atomic E-state index is 0.294. The highest BCUT2D eigenvalue weighted by atomic mass is 16.5. The van der Waals surface area contributed by atoms with Crippen LogP contribution in [0.4, 0.5) is 0 Å². The van der Waals surface area contributed by atoms with E-state index >= 15 is 0 Å². The van der Waals surface area contributed by atoms with Crippen LogP contribution in [0.25, 0.3) is 5.69 Å². The van der Waals surface area contributed by atoms with E-state index in [1.54, 1.807) is 32.0 Å². The fourth-order valence-electron chi connectivity index (χ4n) is 1.92. The van der Waals surface area contributed by atoms with Crippen LogP contribution in [-0.2, 0) is 9.53 Å². The minimum Gasteiger partial charge on any atom is -0.464 e. The molecular formula is C16H18N2O3. The smallest absolute Gasteiger partial charge is 0.328 e. The maximum Gasteiger partial charge on any atom is 0.328 e. The van der Waals surface area contributed by atoms with Gasteiger partial charge in [-0.05, 0) is 44.2 Å². The van der Waals surface area contributed by atoms with Crippen molar-refractivity contribution in [1.82, 2.24) is 9.88 Å². The van der Waals surface area contributed by atoms with E-state index in [9.17, 15) is 9.59 Å². The van der Waals surface area contributed by atoms with Gasteiger partial charge in [0.05, 0.1) is 6.61 Å². The Labute approximate surface area is 123 Å². The lowest BCUT2D eigenvalue weighted by molar-refractivity contribution is -0.144. The number of hydrogen-bond donors (Lipinski definition) is 1. The Morgan fingerprint density at radius 1 is 1.24 bits per heavy atom. The summed E-state index contributed by atoms with van der Waals surface area (Å²) in [6, 6.07) is 10.3. The summed E-state index contributed by atoms with van der Waals surface area (Å²) in [5.74, 6) is -0.739. The summed E-state index contributed by atoms with van der Waals surface area (Å²) >= 11 is 0.